The zero-order valence-electron chi connectivity index (χ0n) is 20.0. The predicted molar refractivity (Wildman–Crippen MR) is 136 cm³/mol. The number of hydrogen-bond acceptors (Lipinski definition) is 4. The summed E-state index contributed by atoms with van der Waals surface area (Å²) in [4.78, 5) is 26.2. The second-order valence-corrected chi connectivity index (χ2v) is 8.50. The number of aryl methyl sites for hydroxylation is 1. The highest BCUT2D eigenvalue weighted by Gasteiger charge is 2.18. The Labute approximate surface area is 206 Å². The second-order valence-electron chi connectivity index (χ2n) is 8.50. The average molecular weight is 485 g/mol. The van der Waals surface area contributed by atoms with Crippen LogP contribution in [0.2, 0.25) is 0 Å². The van der Waals surface area contributed by atoms with Crippen LogP contribution in [-0.2, 0) is 24.5 Å². The molecule has 0 saturated carbocycles. The largest absolute Gasteiger partial charge is 0.369 e. The Balaban J connectivity index is 1.51. The second kappa shape index (κ2) is 9.75. The Morgan fingerprint density at radius 1 is 0.917 bits per heavy atom. The molecule has 0 radical (unpaired) electrons. The molecule has 0 atom stereocenters. The van der Waals surface area contributed by atoms with Crippen LogP contribution in [0.15, 0.2) is 88.6 Å². The third kappa shape index (κ3) is 4.27. The first-order chi connectivity index (χ1) is 17.5. The van der Waals surface area contributed by atoms with Gasteiger partial charge in [-0.05, 0) is 54.6 Å². The van der Waals surface area contributed by atoms with Crippen molar-refractivity contribution in [2.45, 2.75) is 33.6 Å². The van der Waals surface area contributed by atoms with Gasteiger partial charge < -0.3 is 4.74 Å². The molecule has 0 saturated heterocycles. The van der Waals surface area contributed by atoms with Gasteiger partial charge in [0, 0.05) is 12.7 Å². The van der Waals surface area contributed by atoms with Crippen molar-refractivity contribution < 1.29 is 9.13 Å². The van der Waals surface area contributed by atoms with Crippen molar-refractivity contribution in [3.63, 3.8) is 0 Å². The van der Waals surface area contributed by atoms with Crippen LogP contribution in [0.3, 0.4) is 0 Å². The Bertz CT molecular complexity index is 1670. The minimum atomic E-state index is -0.707. The smallest absolute Gasteiger partial charge is 0.350 e. The molecule has 5 rings (SSSR count). The van der Waals surface area contributed by atoms with E-state index in [1.54, 1.807) is 12.3 Å². The van der Waals surface area contributed by atoms with Crippen molar-refractivity contribution in [3.05, 3.63) is 123 Å². The van der Waals surface area contributed by atoms with E-state index in [1.807, 2.05) is 68.4 Å². The van der Waals surface area contributed by atoms with Gasteiger partial charge in [0.05, 0.1) is 17.7 Å². The van der Waals surface area contributed by atoms with Crippen LogP contribution in [0, 0.1) is 12.7 Å². The van der Waals surface area contributed by atoms with Crippen LogP contribution in [0.25, 0.3) is 22.1 Å². The summed E-state index contributed by atoms with van der Waals surface area (Å²) in [6, 6.07) is 21.5. The molecule has 0 N–H and O–H groups in total. The molecule has 0 aliphatic rings. The minimum Gasteiger partial charge on any atom is -0.369 e. The number of para-hydroxylation sites is 1. The van der Waals surface area contributed by atoms with E-state index in [9.17, 15) is 9.59 Å². The summed E-state index contributed by atoms with van der Waals surface area (Å²) >= 11 is 0. The zero-order valence-corrected chi connectivity index (χ0v) is 20.0. The summed E-state index contributed by atoms with van der Waals surface area (Å²) < 4.78 is 25.0. The van der Waals surface area contributed by atoms with Crippen LogP contribution >= 0.6 is 0 Å². The fraction of sp³-hybridized carbons (Fsp3) is 0.179. The molecule has 2 heterocycles. The van der Waals surface area contributed by atoms with E-state index in [1.165, 1.54) is 21.3 Å². The van der Waals surface area contributed by atoms with Crippen molar-refractivity contribution in [3.8, 4) is 11.4 Å². The molecule has 3 aromatic carbocycles. The van der Waals surface area contributed by atoms with Gasteiger partial charge in [0.1, 0.15) is 18.1 Å². The normalized spacial score (nSPS) is 11.3. The van der Waals surface area contributed by atoms with Crippen molar-refractivity contribution in [1.29, 1.82) is 0 Å². The van der Waals surface area contributed by atoms with Gasteiger partial charge in [-0.15, -0.1) is 5.10 Å². The van der Waals surface area contributed by atoms with Crippen molar-refractivity contribution in [2.24, 2.45) is 0 Å². The van der Waals surface area contributed by atoms with Crippen LogP contribution in [0.1, 0.15) is 23.9 Å². The van der Waals surface area contributed by atoms with E-state index in [2.05, 4.69) is 5.10 Å². The minimum absolute atomic E-state index is 0.0166. The Kier molecular flexibility index (Phi) is 6.35. The number of nitrogens with zero attached hydrogens (tertiary/aromatic N) is 4. The maximum atomic E-state index is 15.3. The summed E-state index contributed by atoms with van der Waals surface area (Å²) in [5, 5.41) is 5.10. The number of benzene rings is 3. The SMILES string of the molecule is CCn1c(COCc2ccccc2)nn(-c2cc3ccn(-c4ccccc4C)c(=O)c3cc2F)c1=O. The number of ether oxygens (including phenoxy) is 1. The highest BCUT2D eigenvalue weighted by molar-refractivity contribution is 5.84. The monoisotopic (exact) mass is 484 g/mol. The number of pyridine rings is 1. The average Bonchev–Trinajstić information content (AvgIpc) is 3.20. The molecular formula is C28H25FN4O3. The molecule has 7 nitrogen and oxygen atoms in total. The molecular weight excluding hydrogens is 459 g/mol. The van der Waals surface area contributed by atoms with Crippen LogP contribution < -0.4 is 11.2 Å². The lowest BCUT2D eigenvalue weighted by atomic mass is 10.1. The summed E-state index contributed by atoms with van der Waals surface area (Å²) in [6.45, 7) is 4.55. The molecule has 182 valence electrons. The Morgan fingerprint density at radius 3 is 2.42 bits per heavy atom. The summed E-state index contributed by atoms with van der Waals surface area (Å²) in [5.74, 6) is -0.311. The first-order valence-electron chi connectivity index (χ1n) is 11.7. The molecule has 36 heavy (non-hydrogen) atoms. The molecule has 0 aliphatic carbocycles. The number of fused-ring (bicyclic) bond motifs is 1. The van der Waals surface area contributed by atoms with Gasteiger partial charge in [-0.25, -0.2) is 9.18 Å². The fourth-order valence-electron chi connectivity index (χ4n) is 4.29. The maximum absolute atomic E-state index is 15.3. The van der Waals surface area contributed by atoms with Crippen LogP contribution in [-0.4, -0.2) is 18.9 Å². The number of rotatable bonds is 7. The van der Waals surface area contributed by atoms with E-state index >= 15 is 4.39 Å². The molecule has 0 fully saturated rings. The van der Waals surface area contributed by atoms with Crippen LogP contribution in [0.4, 0.5) is 4.39 Å². The van der Waals surface area contributed by atoms with Gasteiger partial charge in [0.15, 0.2) is 5.82 Å². The van der Waals surface area contributed by atoms with Gasteiger partial charge in [-0.3, -0.25) is 13.9 Å². The van der Waals surface area contributed by atoms with Gasteiger partial charge >= 0.3 is 5.69 Å². The van der Waals surface area contributed by atoms with Crippen LogP contribution in [0.5, 0.6) is 0 Å². The topological polar surface area (TPSA) is 71.0 Å². The van der Waals surface area contributed by atoms with E-state index in [-0.39, 0.29) is 23.2 Å². The van der Waals surface area contributed by atoms with Crippen molar-refractivity contribution in [2.75, 3.05) is 0 Å². The lowest BCUT2D eigenvalue weighted by Gasteiger charge is -2.11. The molecule has 2 aromatic heterocycles. The van der Waals surface area contributed by atoms with E-state index in [0.29, 0.717) is 24.4 Å². The van der Waals surface area contributed by atoms with Gasteiger partial charge in [-0.1, -0.05) is 48.5 Å². The molecule has 0 amide bonds. The first kappa shape index (κ1) is 23.4. The lowest BCUT2D eigenvalue weighted by molar-refractivity contribution is 0.0989. The summed E-state index contributed by atoms with van der Waals surface area (Å²) in [7, 11) is 0. The van der Waals surface area contributed by atoms with E-state index in [0.717, 1.165) is 21.5 Å². The molecule has 0 unspecified atom stereocenters. The number of halogens is 1. The first-order valence-corrected chi connectivity index (χ1v) is 11.7. The number of aromatic nitrogens is 4. The summed E-state index contributed by atoms with van der Waals surface area (Å²) in [6.07, 6.45) is 1.66. The Morgan fingerprint density at radius 2 is 1.67 bits per heavy atom. The Hall–Kier alpha value is -4.30. The molecule has 0 aliphatic heterocycles. The van der Waals surface area contributed by atoms with E-state index in [4.69, 9.17) is 4.74 Å². The molecule has 5 aromatic rings. The fourth-order valence-corrected chi connectivity index (χ4v) is 4.29. The standard InChI is InChI=1S/C28H25FN4O3/c1-3-31-26(18-36-17-20-10-5-4-6-11-20)30-33(28(31)35)25-15-21-13-14-32(24-12-8-7-9-19(24)2)27(34)22(21)16-23(25)29/h4-16H,3,17-18H2,1-2H3. The zero-order chi connectivity index (χ0) is 25.2. The number of hydrogen-bond donors (Lipinski definition) is 0. The third-order valence-corrected chi connectivity index (χ3v) is 6.17. The lowest BCUT2D eigenvalue weighted by Crippen LogP contribution is -2.25. The highest BCUT2D eigenvalue weighted by Crippen LogP contribution is 2.21. The van der Waals surface area contributed by atoms with Gasteiger partial charge in [-0.2, -0.15) is 4.68 Å². The molecule has 0 spiro atoms. The maximum Gasteiger partial charge on any atom is 0.350 e. The van der Waals surface area contributed by atoms with Gasteiger partial charge in [0.2, 0.25) is 0 Å². The van der Waals surface area contributed by atoms with Crippen molar-refractivity contribution in [1.82, 2.24) is 18.9 Å². The predicted octanol–water partition coefficient (Wildman–Crippen LogP) is 4.52. The van der Waals surface area contributed by atoms with Crippen molar-refractivity contribution >= 4 is 10.8 Å². The molecule has 8 heteroatoms. The summed E-state index contributed by atoms with van der Waals surface area (Å²) in [5.41, 5.74) is 1.83. The van der Waals surface area contributed by atoms with Gasteiger partial charge in [0.25, 0.3) is 5.56 Å². The highest BCUT2D eigenvalue weighted by atomic mass is 19.1. The quantitative estimate of drug-likeness (QED) is 0.341. The molecule has 0 bridgehead atoms. The third-order valence-electron chi connectivity index (χ3n) is 6.17. The van der Waals surface area contributed by atoms with E-state index < -0.39 is 11.5 Å².